The number of hydrogen-bond donors (Lipinski definition) is 2. The van der Waals surface area contributed by atoms with Gasteiger partial charge in [0, 0.05) is 16.6 Å². The predicted octanol–water partition coefficient (Wildman–Crippen LogP) is 3.35. The average Bonchev–Trinajstić information content (AvgIpc) is 3.16. The summed E-state index contributed by atoms with van der Waals surface area (Å²) in [6.45, 7) is 0. The van der Waals surface area contributed by atoms with E-state index in [1.165, 1.54) is 47.2 Å². The Balaban J connectivity index is 1.72. The van der Waals surface area contributed by atoms with Gasteiger partial charge >= 0.3 is 12.1 Å². The SMILES string of the molecule is O=C(Nc1ccc(-c2cccc(NC(=O)C(F)(F)F)c2)nn1)c1cscn1. The maximum atomic E-state index is 12.3. The Morgan fingerprint density at radius 3 is 2.48 bits per heavy atom. The highest BCUT2D eigenvalue weighted by Gasteiger charge is 2.38. The number of halogens is 3. The largest absolute Gasteiger partial charge is 0.471 e. The van der Waals surface area contributed by atoms with E-state index >= 15 is 0 Å². The molecule has 2 heterocycles. The molecular formula is C16H10F3N5O2S. The summed E-state index contributed by atoms with van der Waals surface area (Å²) in [5, 5.41) is 13.7. The fraction of sp³-hybridized carbons (Fsp3) is 0.0625. The normalized spacial score (nSPS) is 11.1. The zero-order valence-electron chi connectivity index (χ0n) is 13.3. The fourth-order valence-corrected chi connectivity index (χ4v) is 2.55. The highest BCUT2D eigenvalue weighted by Crippen LogP contribution is 2.23. The van der Waals surface area contributed by atoms with E-state index in [2.05, 4.69) is 20.5 Å². The van der Waals surface area contributed by atoms with Crippen LogP contribution in [0.25, 0.3) is 11.3 Å². The zero-order valence-corrected chi connectivity index (χ0v) is 14.1. The molecule has 0 spiro atoms. The molecular weight excluding hydrogens is 383 g/mol. The summed E-state index contributed by atoms with van der Waals surface area (Å²) in [7, 11) is 0. The van der Waals surface area contributed by atoms with Gasteiger partial charge in [-0.3, -0.25) is 9.59 Å². The molecule has 138 valence electrons. The van der Waals surface area contributed by atoms with Gasteiger partial charge in [0.25, 0.3) is 5.91 Å². The molecule has 1 aromatic carbocycles. The number of hydrogen-bond acceptors (Lipinski definition) is 6. The van der Waals surface area contributed by atoms with Crippen LogP contribution in [0.15, 0.2) is 47.3 Å². The molecule has 0 atom stereocenters. The van der Waals surface area contributed by atoms with Crippen molar-refractivity contribution < 1.29 is 22.8 Å². The highest BCUT2D eigenvalue weighted by atomic mass is 32.1. The smallest absolute Gasteiger partial charge is 0.318 e. The summed E-state index contributed by atoms with van der Waals surface area (Å²) >= 11 is 1.28. The van der Waals surface area contributed by atoms with Gasteiger partial charge in [0.1, 0.15) is 5.69 Å². The van der Waals surface area contributed by atoms with Crippen molar-refractivity contribution in [3.8, 4) is 11.3 Å². The van der Waals surface area contributed by atoms with Crippen molar-refractivity contribution >= 4 is 34.7 Å². The number of thiazole rings is 1. The number of alkyl halides is 3. The Labute approximate surface area is 154 Å². The molecule has 0 radical (unpaired) electrons. The summed E-state index contributed by atoms with van der Waals surface area (Å²) < 4.78 is 37.0. The van der Waals surface area contributed by atoms with Gasteiger partial charge in [-0.25, -0.2) is 4.98 Å². The monoisotopic (exact) mass is 393 g/mol. The molecule has 0 aliphatic rings. The number of anilines is 2. The van der Waals surface area contributed by atoms with Gasteiger partial charge in [-0.2, -0.15) is 13.2 Å². The highest BCUT2D eigenvalue weighted by molar-refractivity contribution is 7.07. The van der Waals surface area contributed by atoms with Gasteiger partial charge in [-0.1, -0.05) is 12.1 Å². The van der Waals surface area contributed by atoms with Crippen LogP contribution in [0.3, 0.4) is 0 Å². The minimum Gasteiger partial charge on any atom is -0.318 e. The van der Waals surface area contributed by atoms with Crippen LogP contribution in [-0.4, -0.2) is 33.2 Å². The van der Waals surface area contributed by atoms with Gasteiger partial charge in [-0.05, 0) is 24.3 Å². The van der Waals surface area contributed by atoms with Crippen molar-refractivity contribution in [2.75, 3.05) is 10.6 Å². The molecule has 2 amide bonds. The van der Waals surface area contributed by atoms with E-state index < -0.39 is 18.0 Å². The first-order valence-electron chi connectivity index (χ1n) is 7.35. The molecule has 3 aromatic rings. The lowest BCUT2D eigenvalue weighted by Crippen LogP contribution is -2.29. The summed E-state index contributed by atoms with van der Waals surface area (Å²) in [4.78, 5) is 26.8. The summed E-state index contributed by atoms with van der Waals surface area (Å²) in [5.41, 5.74) is 2.54. The molecule has 0 aliphatic heterocycles. The Hall–Kier alpha value is -3.34. The quantitative estimate of drug-likeness (QED) is 0.709. The van der Waals surface area contributed by atoms with Crippen molar-refractivity contribution in [3.05, 3.63) is 53.0 Å². The van der Waals surface area contributed by atoms with Gasteiger partial charge in [0.15, 0.2) is 5.82 Å². The van der Waals surface area contributed by atoms with Crippen LogP contribution in [0.2, 0.25) is 0 Å². The molecule has 0 saturated carbocycles. The topological polar surface area (TPSA) is 96.9 Å². The minimum absolute atomic E-state index is 0.0301. The molecule has 0 bridgehead atoms. The Morgan fingerprint density at radius 2 is 1.85 bits per heavy atom. The van der Waals surface area contributed by atoms with Gasteiger partial charge in [0.05, 0.1) is 11.2 Å². The lowest BCUT2D eigenvalue weighted by Gasteiger charge is -2.09. The predicted molar refractivity (Wildman–Crippen MR) is 92.2 cm³/mol. The standard InChI is InChI=1S/C16H10F3N5O2S/c17-16(18,19)15(26)21-10-3-1-2-9(6-10)11-4-5-13(24-23-11)22-14(25)12-7-27-8-20-12/h1-8H,(H,21,26)(H,22,24,25). The summed E-state index contributed by atoms with van der Waals surface area (Å²) in [5.74, 6) is -2.31. The first-order chi connectivity index (χ1) is 12.8. The van der Waals surface area contributed by atoms with Crippen LogP contribution in [0.5, 0.6) is 0 Å². The van der Waals surface area contributed by atoms with E-state index in [4.69, 9.17) is 0 Å². The number of nitrogens with one attached hydrogen (secondary N) is 2. The van der Waals surface area contributed by atoms with E-state index in [0.29, 0.717) is 11.3 Å². The van der Waals surface area contributed by atoms with Crippen LogP contribution in [0.4, 0.5) is 24.7 Å². The number of aromatic nitrogens is 3. The number of benzene rings is 1. The maximum Gasteiger partial charge on any atom is 0.471 e. The molecule has 0 fully saturated rings. The second-order valence-corrected chi connectivity index (χ2v) is 5.88. The lowest BCUT2D eigenvalue weighted by molar-refractivity contribution is -0.167. The van der Waals surface area contributed by atoms with Crippen LogP contribution in [-0.2, 0) is 4.79 Å². The molecule has 3 rings (SSSR count). The molecule has 11 heteroatoms. The Morgan fingerprint density at radius 1 is 1.04 bits per heavy atom. The van der Waals surface area contributed by atoms with Crippen molar-refractivity contribution in [2.45, 2.75) is 6.18 Å². The Bertz CT molecular complexity index is 959. The van der Waals surface area contributed by atoms with Crippen molar-refractivity contribution in [2.24, 2.45) is 0 Å². The van der Waals surface area contributed by atoms with Gasteiger partial charge < -0.3 is 10.6 Å². The van der Waals surface area contributed by atoms with E-state index in [9.17, 15) is 22.8 Å². The molecule has 0 aliphatic carbocycles. The van der Waals surface area contributed by atoms with Crippen molar-refractivity contribution in [1.29, 1.82) is 0 Å². The molecule has 0 unspecified atom stereocenters. The van der Waals surface area contributed by atoms with Crippen LogP contribution in [0, 0.1) is 0 Å². The number of rotatable bonds is 4. The average molecular weight is 393 g/mol. The molecule has 7 nitrogen and oxygen atoms in total. The second kappa shape index (κ2) is 7.50. The van der Waals surface area contributed by atoms with E-state index in [0.717, 1.165) is 0 Å². The molecule has 0 saturated heterocycles. The number of nitrogens with zero attached hydrogens (tertiary/aromatic N) is 3. The minimum atomic E-state index is -4.98. The van der Waals surface area contributed by atoms with E-state index in [1.54, 1.807) is 16.8 Å². The van der Waals surface area contributed by atoms with Crippen LogP contribution >= 0.6 is 11.3 Å². The molecule has 2 N–H and O–H groups in total. The zero-order chi connectivity index (χ0) is 19.4. The van der Waals surface area contributed by atoms with Crippen molar-refractivity contribution in [1.82, 2.24) is 15.2 Å². The number of amides is 2. The first kappa shape index (κ1) is 18.5. The van der Waals surface area contributed by atoms with Gasteiger partial charge in [0.2, 0.25) is 0 Å². The molecule has 27 heavy (non-hydrogen) atoms. The summed E-state index contributed by atoms with van der Waals surface area (Å²) in [6, 6.07) is 8.76. The van der Waals surface area contributed by atoms with Crippen LogP contribution < -0.4 is 10.6 Å². The first-order valence-corrected chi connectivity index (χ1v) is 8.29. The van der Waals surface area contributed by atoms with E-state index in [-0.39, 0.29) is 17.2 Å². The number of carbonyl (C=O) groups excluding carboxylic acids is 2. The fourth-order valence-electron chi connectivity index (χ4n) is 2.02. The second-order valence-electron chi connectivity index (χ2n) is 5.16. The van der Waals surface area contributed by atoms with Crippen molar-refractivity contribution in [3.63, 3.8) is 0 Å². The van der Waals surface area contributed by atoms with E-state index in [1.807, 2.05) is 0 Å². The third-order valence-electron chi connectivity index (χ3n) is 3.24. The lowest BCUT2D eigenvalue weighted by atomic mass is 10.1. The van der Waals surface area contributed by atoms with Gasteiger partial charge in [-0.15, -0.1) is 21.5 Å². The third-order valence-corrected chi connectivity index (χ3v) is 3.83. The Kier molecular flexibility index (Phi) is 5.12. The van der Waals surface area contributed by atoms with Crippen LogP contribution in [0.1, 0.15) is 10.5 Å². The summed E-state index contributed by atoms with van der Waals surface area (Å²) in [6.07, 6.45) is -4.98. The molecule has 2 aromatic heterocycles. The maximum absolute atomic E-state index is 12.3. The number of carbonyl (C=O) groups is 2. The third kappa shape index (κ3) is 4.64.